The molecule has 0 saturated heterocycles. The monoisotopic (exact) mass is 302 g/mol. The third kappa shape index (κ3) is 2.94. The number of hydrogen-bond acceptors (Lipinski definition) is 5. The molecule has 0 bridgehead atoms. The zero-order valence-electron chi connectivity index (χ0n) is 9.32. The number of benzene rings is 1. The van der Waals surface area contributed by atoms with Crippen molar-refractivity contribution >= 4 is 33.3 Å². The highest BCUT2D eigenvalue weighted by molar-refractivity contribution is 9.10. The van der Waals surface area contributed by atoms with E-state index in [1.54, 1.807) is 14.0 Å². The van der Waals surface area contributed by atoms with Gasteiger partial charge in [0.25, 0.3) is 5.69 Å². The number of anilines is 1. The second-order valence-corrected chi connectivity index (χ2v) is 3.93. The van der Waals surface area contributed by atoms with Crippen molar-refractivity contribution in [1.29, 1.82) is 0 Å². The minimum Gasteiger partial charge on any atom is -0.462 e. The highest BCUT2D eigenvalue weighted by atomic mass is 79.9. The molecule has 0 aromatic heterocycles. The molecule has 0 aliphatic carbocycles. The Balaban J connectivity index is 3.29. The second kappa shape index (κ2) is 5.62. The van der Waals surface area contributed by atoms with Crippen LogP contribution in [-0.4, -0.2) is 24.5 Å². The lowest BCUT2D eigenvalue weighted by Gasteiger charge is -2.07. The van der Waals surface area contributed by atoms with Crippen LogP contribution in [0.4, 0.5) is 11.4 Å². The summed E-state index contributed by atoms with van der Waals surface area (Å²) in [5.74, 6) is -0.584. The number of halogens is 1. The summed E-state index contributed by atoms with van der Waals surface area (Å²) in [6, 6.07) is 2.67. The molecule has 1 aromatic carbocycles. The van der Waals surface area contributed by atoms with Crippen LogP contribution < -0.4 is 5.32 Å². The van der Waals surface area contributed by atoms with Crippen LogP contribution in [0.25, 0.3) is 0 Å². The van der Waals surface area contributed by atoms with E-state index in [1.165, 1.54) is 12.1 Å². The zero-order valence-corrected chi connectivity index (χ0v) is 10.9. The molecule has 6 nitrogen and oxygen atoms in total. The third-order valence-electron chi connectivity index (χ3n) is 2.03. The lowest BCUT2D eigenvalue weighted by atomic mass is 10.1. The van der Waals surface area contributed by atoms with Gasteiger partial charge < -0.3 is 10.1 Å². The minimum absolute atomic E-state index is 0.143. The van der Waals surface area contributed by atoms with Crippen LogP contribution in [0.15, 0.2) is 16.6 Å². The summed E-state index contributed by atoms with van der Waals surface area (Å²) in [5.41, 5.74) is 0.289. The first-order valence-corrected chi connectivity index (χ1v) is 5.63. The van der Waals surface area contributed by atoms with Gasteiger partial charge in [0.05, 0.1) is 17.1 Å². The maximum Gasteiger partial charge on any atom is 0.338 e. The molecular formula is C10H11BrN2O4. The zero-order chi connectivity index (χ0) is 13.0. The lowest BCUT2D eigenvalue weighted by Crippen LogP contribution is -2.07. The Morgan fingerprint density at radius 2 is 2.24 bits per heavy atom. The van der Waals surface area contributed by atoms with Crippen LogP contribution in [0.5, 0.6) is 0 Å². The Morgan fingerprint density at radius 3 is 2.71 bits per heavy atom. The van der Waals surface area contributed by atoms with Crippen LogP contribution >= 0.6 is 15.9 Å². The number of esters is 1. The van der Waals surface area contributed by atoms with Gasteiger partial charge in [0.2, 0.25) is 0 Å². The largest absolute Gasteiger partial charge is 0.462 e. The summed E-state index contributed by atoms with van der Waals surface area (Å²) in [7, 11) is 1.57. The summed E-state index contributed by atoms with van der Waals surface area (Å²) in [6.07, 6.45) is 0. The Bertz CT molecular complexity index is 462. The van der Waals surface area contributed by atoms with Crippen molar-refractivity contribution < 1.29 is 14.5 Å². The van der Waals surface area contributed by atoms with Crippen LogP contribution in [0.1, 0.15) is 17.3 Å². The normalized spacial score (nSPS) is 9.82. The molecule has 1 aromatic rings. The molecule has 17 heavy (non-hydrogen) atoms. The van der Waals surface area contributed by atoms with Crippen LogP contribution in [0.2, 0.25) is 0 Å². The van der Waals surface area contributed by atoms with E-state index in [1.807, 2.05) is 0 Å². The highest BCUT2D eigenvalue weighted by Gasteiger charge is 2.20. The Hall–Kier alpha value is -1.63. The van der Waals surface area contributed by atoms with Gasteiger partial charge in [-0.1, -0.05) is 0 Å². The summed E-state index contributed by atoms with van der Waals surface area (Å²) < 4.78 is 5.23. The number of nitrogens with zero attached hydrogens (tertiary/aromatic N) is 1. The number of nitro groups is 1. The van der Waals surface area contributed by atoms with Gasteiger partial charge in [0.15, 0.2) is 0 Å². The van der Waals surface area contributed by atoms with Crippen molar-refractivity contribution in [2.24, 2.45) is 0 Å². The van der Waals surface area contributed by atoms with Crippen LogP contribution in [0.3, 0.4) is 0 Å². The van der Waals surface area contributed by atoms with Crippen molar-refractivity contribution in [3.8, 4) is 0 Å². The molecule has 7 heteroatoms. The maximum absolute atomic E-state index is 11.5. The van der Waals surface area contributed by atoms with Gasteiger partial charge >= 0.3 is 5.97 Å². The number of nitrogens with one attached hydrogen (secondary N) is 1. The lowest BCUT2D eigenvalue weighted by molar-refractivity contribution is -0.384. The number of rotatable bonds is 4. The molecule has 0 spiro atoms. The van der Waals surface area contributed by atoms with E-state index in [0.717, 1.165) is 0 Å². The van der Waals surface area contributed by atoms with E-state index in [4.69, 9.17) is 4.74 Å². The van der Waals surface area contributed by atoms with Crippen molar-refractivity contribution in [2.75, 3.05) is 19.0 Å². The molecular weight excluding hydrogens is 292 g/mol. The number of carbonyl (C=O) groups excluding carboxylic acids is 1. The molecule has 0 unspecified atom stereocenters. The maximum atomic E-state index is 11.5. The van der Waals surface area contributed by atoms with Gasteiger partial charge in [-0.05, 0) is 28.9 Å². The molecule has 0 heterocycles. The Labute approximate surface area is 106 Å². The summed E-state index contributed by atoms with van der Waals surface area (Å²) in [4.78, 5) is 21.8. The SMILES string of the molecule is CCOC(=O)c1cc(Br)c(NC)c([N+](=O)[O-])c1. The van der Waals surface area contributed by atoms with Crippen LogP contribution in [-0.2, 0) is 4.74 Å². The average molecular weight is 303 g/mol. The first-order chi connectivity index (χ1) is 8.01. The molecule has 0 aliphatic rings. The summed E-state index contributed by atoms with van der Waals surface area (Å²) >= 11 is 3.17. The van der Waals surface area contributed by atoms with Gasteiger partial charge in [0.1, 0.15) is 5.69 Å². The van der Waals surface area contributed by atoms with Gasteiger partial charge in [-0.25, -0.2) is 4.79 Å². The second-order valence-electron chi connectivity index (χ2n) is 3.08. The molecule has 0 aliphatic heterocycles. The van der Waals surface area contributed by atoms with E-state index in [9.17, 15) is 14.9 Å². The first-order valence-electron chi connectivity index (χ1n) is 4.84. The van der Waals surface area contributed by atoms with Crippen molar-refractivity contribution in [2.45, 2.75) is 6.92 Å². The predicted octanol–water partition coefficient (Wildman–Crippen LogP) is 2.58. The fraction of sp³-hybridized carbons (Fsp3) is 0.300. The minimum atomic E-state index is -0.584. The van der Waals surface area contributed by atoms with Crippen molar-refractivity contribution in [1.82, 2.24) is 0 Å². The Kier molecular flexibility index (Phi) is 4.45. The topological polar surface area (TPSA) is 81.5 Å². The summed E-state index contributed by atoms with van der Waals surface area (Å²) in [6.45, 7) is 1.89. The average Bonchev–Trinajstić information content (AvgIpc) is 2.28. The van der Waals surface area contributed by atoms with Crippen molar-refractivity contribution in [3.05, 3.63) is 32.3 Å². The van der Waals surface area contributed by atoms with E-state index in [2.05, 4.69) is 21.2 Å². The van der Waals surface area contributed by atoms with Crippen LogP contribution in [0, 0.1) is 10.1 Å². The van der Waals surface area contributed by atoms with E-state index in [0.29, 0.717) is 10.2 Å². The van der Waals surface area contributed by atoms with E-state index < -0.39 is 10.9 Å². The number of ether oxygens (including phenoxy) is 1. The molecule has 0 atom stereocenters. The molecule has 1 N–H and O–H groups in total. The molecule has 0 amide bonds. The van der Waals surface area contributed by atoms with Gasteiger partial charge in [-0.3, -0.25) is 10.1 Å². The highest BCUT2D eigenvalue weighted by Crippen LogP contribution is 2.33. The molecule has 1 rings (SSSR count). The summed E-state index contributed by atoms with van der Waals surface area (Å²) in [5, 5.41) is 13.6. The third-order valence-corrected chi connectivity index (χ3v) is 2.65. The smallest absolute Gasteiger partial charge is 0.338 e. The molecule has 92 valence electrons. The van der Waals surface area contributed by atoms with Gasteiger partial charge in [-0.2, -0.15) is 0 Å². The quantitative estimate of drug-likeness (QED) is 0.525. The fourth-order valence-electron chi connectivity index (χ4n) is 1.32. The van der Waals surface area contributed by atoms with Crippen molar-refractivity contribution in [3.63, 3.8) is 0 Å². The van der Waals surface area contributed by atoms with E-state index >= 15 is 0 Å². The molecule has 0 radical (unpaired) electrons. The fourth-order valence-corrected chi connectivity index (χ4v) is 1.96. The molecule has 0 fully saturated rings. The van der Waals surface area contributed by atoms with Gasteiger partial charge in [-0.15, -0.1) is 0 Å². The Morgan fingerprint density at radius 1 is 1.59 bits per heavy atom. The number of carbonyl (C=O) groups is 1. The molecule has 0 saturated carbocycles. The first kappa shape index (κ1) is 13.4. The standard InChI is InChI=1S/C10H11BrN2O4/c1-3-17-10(14)6-4-7(11)9(12-2)8(5-6)13(15)16/h4-5,12H,3H2,1-2H3. The van der Waals surface area contributed by atoms with Gasteiger partial charge in [0, 0.05) is 17.6 Å². The number of nitro benzene ring substituents is 1. The predicted molar refractivity (Wildman–Crippen MR) is 66.3 cm³/mol. The number of hydrogen-bond donors (Lipinski definition) is 1. The van der Waals surface area contributed by atoms with E-state index in [-0.39, 0.29) is 17.9 Å².